The number of alkyl halides is 2. The summed E-state index contributed by atoms with van der Waals surface area (Å²) in [6.45, 7) is 24.8. The van der Waals surface area contributed by atoms with Gasteiger partial charge in [0.2, 0.25) is 11.1 Å². The number of alkyl carbamates (subject to hydrolysis) is 3. The summed E-state index contributed by atoms with van der Waals surface area (Å²) in [4.78, 5) is 76.7. The molecule has 21 nitrogen and oxygen atoms in total. The van der Waals surface area contributed by atoms with Crippen molar-refractivity contribution >= 4 is 87.2 Å². The normalized spacial score (nSPS) is 14.7. The van der Waals surface area contributed by atoms with E-state index in [4.69, 9.17) is 68.3 Å². The fraction of sp³-hybridized carbons (Fsp3) is 0.583. The lowest BCUT2D eigenvalue weighted by Crippen LogP contribution is -2.69. The average molecular weight is 956 g/mol. The van der Waals surface area contributed by atoms with Crippen LogP contribution in [0.4, 0.5) is 19.2 Å². The van der Waals surface area contributed by atoms with Crippen molar-refractivity contribution in [2.45, 2.75) is 0 Å². The van der Waals surface area contributed by atoms with Crippen molar-refractivity contribution in [2.24, 2.45) is 17.2 Å². The smallest absolute Gasteiger partial charge is 0.407 e. The van der Waals surface area contributed by atoms with Crippen LogP contribution in [-0.4, -0.2) is 187 Å². The van der Waals surface area contributed by atoms with Gasteiger partial charge in [0, 0.05) is 83.6 Å². The first-order chi connectivity index (χ1) is 29.1. The summed E-state index contributed by atoms with van der Waals surface area (Å²) in [6, 6.07) is 0. The molecule has 25 heteroatoms. The molecule has 0 aromatic rings. The van der Waals surface area contributed by atoms with Crippen molar-refractivity contribution in [1.82, 2.24) is 31.5 Å². The molecule has 0 spiro atoms. The highest BCUT2D eigenvalue weighted by atomic mass is 35.5. The third-order valence-corrected chi connectivity index (χ3v) is 7.57. The molecule has 3 rings (SSSR count). The molecular weight excluding hydrogens is 890 g/mol. The number of nitrogens with one attached hydrogen (secondary N) is 5. The Labute approximate surface area is 378 Å². The van der Waals surface area contributed by atoms with Crippen LogP contribution in [0.2, 0.25) is 0 Å². The number of hydrogen-bond acceptors (Lipinski definition) is 15. The first-order valence-corrected chi connectivity index (χ1v) is 20.4. The zero-order valence-corrected chi connectivity index (χ0v) is 37.6. The maximum Gasteiger partial charge on any atom is 0.407 e. The standard InChI is InChI=1S/C14H24N4O3.C8H13ClN2O3.C6H12N2O2.C4H5ClO2.C2H2Cl2O.C2H8N2/c1-2-11-21-14(20)16-4-3-15-13(19)12-18-8-5-17(6-9-18)7-10-18;1-2-5-14-8(13)11-4-3-10-7(12)6-9;1-2-5-10-6(9)8-4-3-7;1-2-3-7-4(5)6;3-1-2(4)5;3-1-2-4/h2H,1,3-12H2,(H-,15,16,19,20);2H,1,3-6H2,(H,10,12)(H,11,13);2H,1,3-5,7H2,(H,8,9);2H,1,3H2;1H2;1-4H2/p+1. The minimum Gasteiger partial charge on any atom is -0.449 e. The fourth-order valence-electron chi connectivity index (χ4n) is 3.97. The molecule has 3 heterocycles. The predicted octanol–water partition coefficient (Wildman–Crippen LogP) is 0.714. The second-order valence-corrected chi connectivity index (χ2v) is 12.7. The molecule has 0 saturated carbocycles. The van der Waals surface area contributed by atoms with E-state index in [0.29, 0.717) is 58.9 Å². The van der Waals surface area contributed by atoms with Crippen LogP contribution in [0.25, 0.3) is 0 Å². The van der Waals surface area contributed by atoms with Crippen LogP contribution in [0.15, 0.2) is 50.6 Å². The number of nitrogens with zero attached hydrogens (tertiary/aromatic N) is 2. The number of nitrogens with two attached hydrogens (primary N) is 3. The van der Waals surface area contributed by atoms with E-state index in [-0.39, 0.29) is 50.0 Å². The van der Waals surface area contributed by atoms with Gasteiger partial charge in [-0.2, -0.15) is 0 Å². The second kappa shape index (κ2) is 46.9. The van der Waals surface area contributed by atoms with Crippen LogP contribution >= 0.6 is 46.4 Å². The first kappa shape index (κ1) is 63.4. The van der Waals surface area contributed by atoms with E-state index in [0.717, 1.165) is 43.8 Å². The summed E-state index contributed by atoms with van der Waals surface area (Å²) in [5.41, 5.74) is 14.1. The molecule has 3 aliphatic rings. The number of ether oxygens (including phenoxy) is 4. The van der Waals surface area contributed by atoms with Gasteiger partial charge in [-0.25, -0.2) is 19.2 Å². The molecule has 0 aliphatic carbocycles. The van der Waals surface area contributed by atoms with Gasteiger partial charge in [-0.3, -0.25) is 19.3 Å². The third-order valence-electron chi connectivity index (χ3n) is 6.70. The van der Waals surface area contributed by atoms with Crippen molar-refractivity contribution in [3.05, 3.63) is 50.6 Å². The summed E-state index contributed by atoms with van der Waals surface area (Å²) in [6.07, 6.45) is 4.44. The van der Waals surface area contributed by atoms with Crippen LogP contribution in [0.1, 0.15) is 0 Å². The zero-order valence-electron chi connectivity index (χ0n) is 34.6. The molecule has 3 saturated heterocycles. The van der Waals surface area contributed by atoms with Crippen molar-refractivity contribution in [3.8, 4) is 0 Å². The van der Waals surface area contributed by atoms with Crippen LogP contribution in [0.5, 0.6) is 0 Å². The molecule has 0 unspecified atom stereocenters. The lowest BCUT2D eigenvalue weighted by atomic mass is 10.1. The Kier molecular flexibility index (Phi) is 48.7. The molecule has 3 aliphatic heterocycles. The van der Waals surface area contributed by atoms with E-state index < -0.39 is 29.0 Å². The van der Waals surface area contributed by atoms with Gasteiger partial charge in [0.15, 0.2) is 6.54 Å². The van der Waals surface area contributed by atoms with Crippen LogP contribution < -0.4 is 43.8 Å². The van der Waals surface area contributed by atoms with Gasteiger partial charge in [0.1, 0.15) is 32.3 Å². The Morgan fingerprint density at radius 3 is 1.18 bits per heavy atom. The quantitative estimate of drug-likeness (QED) is 0.0196. The summed E-state index contributed by atoms with van der Waals surface area (Å²) < 4.78 is 19.1. The molecule has 3 fully saturated rings. The Morgan fingerprint density at radius 1 is 0.541 bits per heavy atom. The Balaban J connectivity index is -0.000000353. The van der Waals surface area contributed by atoms with Crippen LogP contribution in [-0.2, 0) is 33.3 Å². The molecule has 61 heavy (non-hydrogen) atoms. The number of fused-ring (bicyclic) bond motifs is 3. The van der Waals surface area contributed by atoms with Gasteiger partial charge in [0.05, 0.1) is 25.5 Å². The number of halogens is 4. The molecule has 2 bridgehead atoms. The highest BCUT2D eigenvalue weighted by Crippen LogP contribution is 2.18. The van der Waals surface area contributed by atoms with E-state index in [9.17, 15) is 33.6 Å². The maximum atomic E-state index is 12.0. The zero-order chi connectivity index (χ0) is 47.2. The highest BCUT2D eigenvalue weighted by molar-refractivity contribution is 6.67. The number of quaternary nitrogens is 1. The lowest BCUT2D eigenvalue weighted by molar-refractivity contribution is -0.933. The summed E-state index contributed by atoms with van der Waals surface area (Å²) in [5.74, 6) is -0.387. The molecule has 5 amide bonds. The summed E-state index contributed by atoms with van der Waals surface area (Å²) in [5, 5.41) is 12.3. The second-order valence-electron chi connectivity index (χ2n) is 11.5. The van der Waals surface area contributed by atoms with Gasteiger partial charge >= 0.3 is 23.7 Å². The molecule has 11 N–H and O–H groups in total. The van der Waals surface area contributed by atoms with E-state index in [1.54, 1.807) is 0 Å². The van der Waals surface area contributed by atoms with E-state index in [2.05, 4.69) is 72.0 Å². The molecule has 352 valence electrons. The number of carbonyl (C=O) groups is 7. The number of rotatable bonds is 21. The topological polar surface area (TPSA) is 298 Å². The molecule has 0 aromatic carbocycles. The van der Waals surface area contributed by atoms with Gasteiger partial charge in [-0.15, -0.1) is 23.2 Å². The molecule has 0 atom stereocenters. The van der Waals surface area contributed by atoms with Gasteiger partial charge in [-0.1, -0.05) is 50.6 Å². The number of carbonyl (C=O) groups excluding carboxylic acids is 7. The molecule has 0 aromatic heterocycles. The minimum absolute atomic E-state index is 0.0617. The number of piperazine rings is 3. The monoisotopic (exact) mass is 953 g/mol. The number of hydrogen-bond donors (Lipinski definition) is 8. The van der Waals surface area contributed by atoms with E-state index >= 15 is 0 Å². The summed E-state index contributed by atoms with van der Waals surface area (Å²) in [7, 11) is 0. The number of amides is 5. The van der Waals surface area contributed by atoms with Crippen LogP contribution in [0.3, 0.4) is 0 Å². The minimum atomic E-state index is -0.792. The largest absolute Gasteiger partial charge is 0.449 e. The van der Waals surface area contributed by atoms with Crippen molar-refractivity contribution in [2.75, 3.05) is 136 Å². The van der Waals surface area contributed by atoms with Crippen molar-refractivity contribution in [3.63, 3.8) is 0 Å². The first-order valence-electron chi connectivity index (χ1n) is 18.6. The summed E-state index contributed by atoms with van der Waals surface area (Å²) >= 11 is 19.5. The van der Waals surface area contributed by atoms with Crippen molar-refractivity contribution in [1.29, 1.82) is 0 Å². The predicted molar refractivity (Wildman–Crippen MR) is 238 cm³/mol. The maximum absolute atomic E-state index is 12.0. The van der Waals surface area contributed by atoms with Crippen LogP contribution in [0, 0.1) is 0 Å². The SMILES string of the molecule is C=CCOC(=O)Cl.C=CCOC(=O)NCCN.C=CCOC(=O)NCCNC(=O)CCl.C=CCOC(=O)NCCNC(=O)C[N+]12CCN(CC1)CC2.NCCN.O=C(Cl)CCl. The Bertz CT molecular complexity index is 1250. The average Bonchev–Trinajstić information content (AvgIpc) is 3.26. The van der Waals surface area contributed by atoms with Gasteiger partial charge in [-0.05, 0) is 11.6 Å². The lowest BCUT2D eigenvalue weighted by Gasteiger charge is -2.50. The molecule has 0 radical (unpaired) electrons. The Hall–Kier alpha value is -4.19. The van der Waals surface area contributed by atoms with Gasteiger partial charge < -0.3 is 67.2 Å². The van der Waals surface area contributed by atoms with E-state index in [1.165, 1.54) is 24.3 Å². The third kappa shape index (κ3) is 48.4. The molecular formula is C36H65Cl4N10O11+. The van der Waals surface area contributed by atoms with Gasteiger partial charge in [0.25, 0.3) is 5.91 Å². The fourth-order valence-corrected chi connectivity index (χ4v) is 4.12. The highest BCUT2D eigenvalue weighted by Gasteiger charge is 2.39. The van der Waals surface area contributed by atoms with Crippen molar-refractivity contribution < 1.29 is 57.0 Å². The van der Waals surface area contributed by atoms with E-state index in [1.807, 2.05) is 0 Å². The Morgan fingerprint density at radius 2 is 0.885 bits per heavy atom.